The number of hydrogen-bond acceptors (Lipinski definition) is 3. The number of carbonyl (C=O) groups excluding carboxylic acids is 1. The molecule has 1 amide bonds. The van der Waals surface area contributed by atoms with E-state index >= 15 is 0 Å². The Labute approximate surface area is 132 Å². The Kier molecular flexibility index (Phi) is 2.89. The van der Waals surface area contributed by atoms with Crippen LogP contribution in [0.4, 0.5) is 0 Å². The predicted octanol–water partition coefficient (Wildman–Crippen LogP) is 3.11. The summed E-state index contributed by atoms with van der Waals surface area (Å²) >= 11 is 8.31. The molecule has 19 heavy (non-hydrogen) atoms. The lowest BCUT2D eigenvalue weighted by Crippen LogP contribution is -2.43. The fourth-order valence-electron chi connectivity index (χ4n) is 4.24. The molecule has 102 valence electrons. The van der Waals surface area contributed by atoms with E-state index in [-0.39, 0.29) is 18.1 Å². The van der Waals surface area contributed by atoms with Gasteiger partial charge in [0.05, 0.1) is 20.8 Å². The summed E-state index contributed by atoms with van der Waals surface area (Å²) in [4.78, 5) is 15.3. The summed E-state index contributed by atoms with van der Waals surface area (Å²) in [7, 11) is 0. The van der Waals surface area contributed by atoms with Crippen molar-refractivity contribution < 1.29 is 9.90 Å². The van der Waals surface area contributed by atoms with Gasteiger partial charge in [0, 0.05) is 11.0 Å². The molecule has 4 rings (SSSR count). The molecule has 2 saturated carbocycles. The molecule has 0 spiro atoms. The Morgan fingerprint density at radius 2 is 2.16 bits per heavy atom. The van der Waals surface area contributed by atoms with Crippen molar-refractivity contribution in [1.82, 2.24) is 4.90 Å². The van der Waals surface area contributed by atoms with Gasteiger partial charge in [-0.2, -0.15) is 0 Å². The van der Waals surface area contributed by atoms with E-state index in [4.69, 9.17) is 0 Å². The van der Waals surface area contributed by atoms with Crippen LogP contribution in [0.1, 0.15) is 22.5 Å². The van der Waals surface area contributed by atoms with E-state index in [1.807, 2.05) is 11.0 Å². The lowest BCUT2D eigenvalue weighted by molar-refractivity contribution is 0.0405. The summed E-state index contributed by atoms with van der Waals surface area (Å²) in [6.07, 6.45) is 1.90. The second-order valence-electron chi connectivity index (χ2n) is 5.83. The van der Waals surface area contributed by atoms with Crippen LogP contribution in [0.3, 0.4) is 0 Å². The third-order valence-electron chi connectivity index (χ3n) is 4.97. The molecule has 0 radical (unpaired) electrons. The van der Waals surface area contributed by atoms with Gasteiger partial charge in [-0.3, -0.25) is 4.79 Å². The zero-order valence-electron chi connectivity index (χ0n) is 10.1. The van der Waals surface area contributed by atoms with Crippen LogP contribution < -0.4 is 0 Å². The van der Waals surface area contributed by atoms with Crippen LogP contribution in [0.5, 0.6) is 0 Å². The number of aliphatic hydroxyl groups is 1. The second kappa shape index (κ2) is 4.29. The van der Waals surface area contributed by atoms with E-state index in [9.17, 15) is 9.90 Å². The van der Waals surface area contributed by atoms with Gasteiger partial charge in [0.2, 0.25) is 0 Å². The summed E-state index contributed by atoms with van der Waals surface area (Å²) in [5.41, 5.74) is 0. The van der Waals surface area contributed by atoms with Gasteiger partial charge in [-0.25, -0.2) is 0 Å². The number of carbonyl (C=O) groups is 1. The second-order valence-corrected chi connectivity index (χ2v) is 9.05. The zero-order valence-corrected chi connectivity index (χ0v) is 14.0. The maximum absolute atomic E-state index is 12.6. The maximum atomic E-state index is 12.6. The minimum atomic E-state index is -0.306. The Morgan fingerprint density at radius 1 is 1.37 bits per heavy atom. The average molecular weight is 407 g/mol. The molecule has 3 aliphatic rings. The van der Waals surface area contributed by atoms with Crippen LogP contribution in [-0.2, 0) is 0 Å². The van der Waals surface area contributed by atoms with Crippen molar-refractivity contribution in [2.45, 2.75) is 25.0 Å². The SMILES string of the molecule is O=C(c1cc(Br)c(Br)s1)N1CC2CC3CC2C1C3O. The summed E-state index contributed by atoms with van der Waals surface area (Å²) in [6.45, 7) is 0.828. The van der Waals surface area contributed by atoms with Gasteiger partial charge in [0.25, 0.3) is 5.91 Å². The van der Waals surface area contributed by atoms with Gasteiger partial charge in [-0.15, -0.1) is 11.3 Å². The van der Waals surface area contributed by atoms with Crippen LogP contribution in [0.15, 0.2) is 14.3 Å². The maximum Gasteiger partial charge on any atom is 0.264 e. The first kappa shape index (κ1) is 12.8. The summed E-state index contributed by atoms with van der Waals surface area (Å²) in [6, 6.07) is 1.94. The number of aliphatic hydroxyl groups excluding tert-OH is 1. The predicted molar refractivity (Wildman–Crippen MR) is 80.3 cm³/mol. The first-order valence-electron chi connectivity index (χ1n) is 6.50. The third kappa shape index (κ3) is 1.73. The zero-order chi connectivity index (χ0) is 13.3. The first-order chi connectivity index (χ1) is 9.06. The average Bonchev–Trinajstić information content (AvgIpc) is 3.04. The van der Waals surface area contributed by atoms with Crippen LogP contribution in [0, 0.1) is 17.8 Å². The smallest absolute Gasteiger partial charge is 0.264 e. The third-order valence-corrected chi connectivity index (χ3v) is 8.21. The number of rotatable bonds is 1. The molecule has 5 atom stereocenters. The molecule has 0 aromatic carbocycles. The van der Waals surface area contributed by atoms with Gasteiger partial charge in [0.15, 0.2) is 0 Å². The van der Waals surface area contributed by atoms with Crippen molar-refractivity contribution in [3.8, 4) is 0 Å². The minimum absolute atomic E-state index is 0.0656. The highest BCUT2D eigenvalue weighted by Gasteiger charge is 2.60. The lowest BCUT2D eigenvalue weighted by Gasteiger charge is -2.28. The quantitative estimate of drug-likeness (QED) is 0.778. The number of amides is 1. The first-order valence-corrected chi connectivity index (χ1v) is 8.90. The summed E-state index contributed by atoms with van der Waals surface area (Å²) in [5, 5.41) is 10.3. The van der Waals surface area contributed by atoms with Gasteiger partial charge in [-0.1, -0.05) is 0 Å². The fourth-order valence-corrected chi connectivity index (χ4v) is 6.23. The molecular weight excluding hydrogens is 394 g/mol. The van der Waals surface area contributed by atoms with Gasteiger partial charge in [-0.05, 0) is 68.5 Å². The topological polar surface area (TPSA) is 40.5 Å². The molecule has 6 heteroatoms. The molecule has 1 saturated heterocycles. The van der Waals surface area contributed by atoms with E-state index in [1.54, 1.807) is 0 Å². The van der Waals surface area contributed by atoms with Crippen LogP contribution in [0.2, 0.25) is 0 Å². The van der Waals surface area contributed by atoms with Crippen molar-refractivity contribution in [2.75, 3.05) is 6.54 Å². The number of hydrogen-bond donors (Lipinski definition) is 1. The van der Waals surface area contributed by atoms with Gasteiger partial charge in [0.1, 0.15) is 0 Å². The number of nitrogens with zero attached hydrogens (tertiary/aromatic N) is 1. The highest BCUT2D eigenvalue weighted by atomic mass is 79.9. The Balaban J connectivity index is 1.65. The largest absolute Gasteiger partial charge is 0.391 e. The Morgan fingerprint density at radius 3 is 2.79 bits per heavy atom. The van der Waals surface area contributed by atoms with Crippen molar-refractivity contribution in [1.29, 1.82) is 0 Å². The molecule has 1 N–H and O–H groups in total. The molecule has 2 aliphatic carbocycles. The fraction of sp³-hybridized carbons (Fsp3) is 0.615. The van der Waals surface area contributed by atoms with Crippen molar-refractivity contribution in [2.24, 2.45) is 17.8 Å². The number of thiophene rings is 1. The summed E-state index contributed by atoms with van der Waals surface area (Å²) in [5.74, 6) is 1.67. The van der Waals surface area contributed by atoms with Crippen LogP contribution >= 0.6 is 43.2 Å². The van der Waals surface area contributed by atoms with Crippen LogP contribution in [0.25, 0.3) is 0 Å². The van der Waals surface area contributed by atoms with Crippen molar-refractivity contribution >= 4 is 49.1 Å². The molecule has 3 nitrogen and oxygen atoms in total. The molecule has 1 aromatic rings. The Hall–Kier alpha value is 0.0900. The van der Waals surface area contributed by atoms with Crippen LogP contribution in [-0.4, -0.2) is 34.6 Å². The highest BCUT2D eigenvalue weighted by molar-refractivity contribution is 9.13. The van der Waals surface area contributed by atoms with E-state index in [1.165, 1.54) is 11.3 Å². The normalized spacial score (nSPS) is 39.3. The van der Waals surface area contributed by atoms with Crippen molar-refractivity contribution in [3.63, 3.8) is 0 Å². The molecule has 1 aliphatic heterocycles. The van der Waals surface area contributed by atoms with Gasteiger partial charge < -0.3 is 10.0 Å². The van der Waals surface area contributed by atoms with E-state index < -0.39 is 0 Å². The number of fused-ring (bicyclic) bond motifs is 1. The summed E-state index contributed by atoms with van der Waals surface area (Å²) < 4.78 is 1.87. The molecule has 1 aromatic heterocycles. The molecule has 5 unspecified atom stereocenters. The molecule has 2 bridgehead atoms. The van der Waals surface area contributed by atoms with E-state index in [0.29, 0.717) is 17.8 Å². The minimum Gasteiger partial charge on any atom is -0.391 e. The molecule has 2 heterocycles. The van der Waals surface area contributed by atoms with Crippen molar-refractivity contribution in [3.05, 3.63) is 19.2 Å². The monoisotopic (exact) mass is 405 g/mol. The standard InChI is InChI=1S/C13H13Br2NO2S/c14-8-3-9(19-12(8)15)13(18)16-4-6-1-5-2-7(6)10(16)11(5)17/h3,5-7,10-11,17H,1-2,4H2. The van der Waals surface area contributed by atoms with E-state index in [2.05, 4.69) is 31.9 Å². The van der Waals surface area contributed by atoms with E-state index in [0.717, 1.165) is 32.5 Å². The highest BCUT2D eigenvalue weighted by Crippen LogP contribution is 2.55. The number of likely N-dealkylation sites (tertiary alicyclic amines) is 1. The molecular formula is C13H13Br2NO2S. The number of halogens is 2. The lowest BCUT2D eigenvalue weighted by atomic mass is 9.88. The van der Waals surface area contributed by atoms with Gasteiger partial charge >= 0.3 is 0 Å². The Bertz CT molecular complexity index is 539. The molecule has 3 fully saturated rings.